The van der Waals surface area contributed by atoms with Crippen LogP contribution in [0.4, 0.5) is 34.1 Å². The van der Waals surface area contributed by atoms with Crippen molar-refractivity contribution in [3.05, 3.63) is 179 Å². The molecule has 7 aliphatic rings. The quantitative estimate of drug-likeness (QED) is 0.162. The lowest BCUT2D eigenvalue weighted by atomic mass is 9.48. The van der Waals surface area contributed by atoms with Gasteiger partial charge in [-0.1, -0.05) is 91.0 Å². The van der Waals surface area contributed by atoms with Gasteiger partial charge in [0.2, 0.25) is 0 Å². The zero-order valence-electron chi connectivity index (χ0n) is 31.8. The molecule has 13 rings (SSSR count). The maximum atomic E-state index is 2.63. The smallest absolute Gasteiger partial charge is 0.0505 e. The fourth-order valence-corrected chi connectivity index (χ4v) is 14.0. The molecule has 2 nitrogen and oxygen atoms in total. The van der Waals surface area contributed by atoms with E-state index in [4.69, 9.17) is 0 Å². The molecule has 2 heteroatoms. The molecule has 6 aromatic rings. The van der Waals surface area contributed by atoms with Crippen LogP contribution in [0, 0.1) is 29.6 Å². The standard InChI is InChI=1S/C53H50N2/c1-4-14-44(15-5-1)54(45-16-6-2-7-17-45)48-20-10-12-39-31-42-22-23-43-32-40-13-11-21-49(51(40)53(42,43)50(39)48)55(46-18-8-3-9-19-46)47-26-24-41(25-27-47)52-33-36-28-37(34-52)30-38(29-36)35-52/h1-21,24-27,36-38,42-43H,22-23,28-35H2. The van der Waals surface area contributed by atoms with Gasteiger partial charge < -0.3 is 9.80 Å². The first-order chi connectivity index (χ1) is 27.2. The molecule has 5 saturated carbocycles. The summed E-state index contributed by atoms with van der Waals surface area (Å²) >= 11 is 0. The van der Waals surface area contributed by atoms with Crippen LogP contribution in [0.3, 0.4) is 0 Å². The molecule has 3 atom stereocenters. The summed E-state index contributed by atoms with van der Waals surface area (Å²) in [6.45, 7) is 0. The van der Waals surface area contributed by atoms with Crippen molar-refractivity contribution in [1.82, 2.24) is 0 Å². The van der Waals surface area contributed by atoms with Crippen LogP contribution in [0.1, 0.15) is 79.2 Å². The average Bonchev–Trinajstić information content (AvgIpc) is 3.85. The normalized spacial score (nSPS) is 29.1. The van der Waals surface area contributed by atoms with Gasteiger partial charge in [-0.15, -0.1) is 0 Å². The summed E-state index contributed by atoms with van der Waals surface area (Å²) in [5, 5.41) is 0. The minimum atomic E-state index is -0.0498. The Hall–Kier alpha value is -5.08. The van der Waals surface area contributed by atoms with E-state index in [1.807, 2.05) is 0 Å². The van der Waals surface area contributed by atoms with Crippen LogP contribution in [0.2, 0.25) is 0 Å². The van der Waals surface area contributed by atoms with Gasteiger partial charge in [-0.2, -0.15) is 0 Å². The molecule has 1 spiro atoms. The molecule has 0 heterocycles. The summed E-state index contributed by atoms with van der Waals surface area (Å²) in [6, 6.07) is 57.9. The lowest BCUT2D eigenvalue weighted by molar-refractivity contribution is -0.00518. The zero-order chi connectivity index (χ0) is 36.1. The number of fused-ring (bicyclic) bond motifs is 2. The number of hydrogen-bond acceptors (Lipinski definition) is 2. The van der Waals surface area contributed by atoms with Gasteiger partial charge >= 0.3 is 0 Å². The Bertz CT molecular complexity index is 2300. The van der Waals surface area contributed by atoms with Crippen LogP contribution in [-0.4, -0.2) is 0 Å². The van der Waals surface area contributed by atoms with Crippen LogP contribution < -0.4 is 9.80 Å². The summed E-state index contributed by atoms with van der Waals surface area (Å²) in [7, 11) is 0. The van der Waals surface area contributed by atoms with Crippen molar-refractivity contribution in [2.45, 2.75) is 75.0 Å². The Morgan fingerprint density at radius 2 is 0.800 bits per heavy atom. The van der Waals surface area contributed by atoms with Gasteiger partial charge in [-0.3, -0.25) is 0 Å². The summed E-state index contributed by atoms with van der Waals surface area (Å²) in [5.41, 5.74) is 15.9. The molecule has 6 aromatic carbocycles. The van der Waals surface area contributed by atoms with Crippen molar-refractivity contribution in [3.8, 4) is 0 Å². The van der Waals surface area contributed by atoms with Gasteiger partial charge in [0.25, 0.3) is 0 Å². The van der Waals surface area contributed by atoms with Gasteiger partial charge in [-0.25, -0.2) is 0 Å². The van der Waals surface area contributed by atoms with E-state index in [0.717, 1.165) is 30.6 Å². The van der Waals surface area contributed by atoms with Crippen molar-refractivity contribution in [1.29, 1.82) is 0 Å². The van der Waals surface area contributed by atoms with E-state index >= 15 is 0 Å². The second-order valence-corrected chi connectivity index (χ2v) is 18.3. The van der Waals surface area contributed by atoms with E-state index in [1.54, 1.807) is 22.3 Å². The van der Waals surface area contributed by atoms with E-state index in [1.165, 1.54) is 91.1 Å². The predicted octanol–water partition coefficient (Wildman–Crippen LogP) is 13.5. The lowest BCUT2D eigenvalue weighted by Crippen LogP contribution is -2.48. The topological polar surface area (TPSA) is 6.48 Å². The molecule has 3 unspecified atom stereocenters. The number of nitrogens with zero attached hydrogens (tertiary/aromatic N) is 2. The van der Waals surface area contributed by atoms with E-state index < -0.39 is 0 Å². The fraction of sp³-hybridized carbons (Fsp3) is 0.321. The highest BCUT2D eigenvalue weighted by Gasteiger charge is 2.62. The highest BCUT2D eigenvalue weighted by molar-refractivity contribution is 5.86. The van der Waals surface area contributed by atoms with Crippen molar-refractivity contribution in [3.63, 3.8) is 0 Å². The van der Waals surface area contributed by atoms with Crippen molar-refractivity contribution in [2.24, 2.45) is 29.6 Å². The van der Waals surface area contributed by atoms with Gasteiger partial charge in [0.1, 0.15) is 0 Å². The molecule has 0 aromatic heterocycles. The molecular weight excluding hydrogens is 665 g/mol. The van der Waals surface area contributed by atoms with E-state index in [9.17, 15) is 0 Å². The SMILES string of the molecule is c1ccc(N(c2ccccc2)c2cccc3c2C24c5c(cccc5N(c5ccccc5)c5ccc(C67CC8CC(CC(C8)C6)C7)cc5)CC2CCC4C3)cc1. The van der Waals surface area contributed by atoms with Crippen LogP contribution in [-0.2, 0) is 23.7 Å². The maximum absolute atomic E-state index is 2.63. The third kappa shape index (κ3) is 4.73. The molecule has 0 aliphatic heterocycles. The van der Waals surface area contributed by atoms with Crippen molar-refractivity contribution in [2.75, 3.05) is 9.80 Å². The van der Waals surface area contributed by atoms with Gasteiger partial charge in [-0.05, 0) is 188 Å². The summed E-state index contributed by atoms with van der Waals surface area (Å²) in [6.07, 6.45) is 13.6. The summed E-state index contributed by atoms with van der Waals surface area (Å²) in [4.78, 5) is 5.17. The highest BCUT2D eigenvalue weighted by Crippen LogP contribution is 2.69. The molecule has 272 valence electrons. The third-order valence-electron chi connectivity index (χ3n) is 15.5. The first kappa shape index (κ1) is 32.2. The Balaban J connectivity index is 1.04. The molecule has 0 saturated heterocycles. The second kappa shape index (κ2) is 12.2. The van der Waals surface area contributed by atoms with Crippen LogP contribution in [0.15, 0.2) is 152 Å². The Labute approximate surface area is 326 Å². The first-order valence-electron chi connectivity index (χ1n) is 21.3. The monoisotopic (exact) mass is 714 g/mol. The van der Waals surface area contributed by atoms with E-state index in [-0.39, 0.29) is 5.41 Å². The maximum Gasteiger partial charge on any atom is 0.0505 e. The Kier molecular flexibility index (Phi) is 7.15. The van der Waals surface area contributed by atoms with Gasteiger partial charge in [0, 0.05) is 28.2 Å². The molecule has 55 heavy (non-hydrogen) atoms. The molecule has 7 aliphatic carbocycles. The number of benzene rings is 6. The minimum absolute atomic E-state index is 0.0498. The molecule has 5 fully saturated rings. The van der Waals surface area contributed by atoms with Crippen molar-refractivity contribution >= 4 is 34.1 Å². The first-order valence-corrected chi connectivity index (χ1v) is 21.3. The highest BCUT2D eigenvalue weighted by atomic mass is 15.2. The molecule has 4 bridgehead atoms. The number of para-hydroxylation sites is 3. The number of rotatable bonds is 7. The number of anilines is 6. The fourth-order valence-electron chi connectivity index (χ4n) is 14.0. The lowest BCUT2D eigenvalue weighted by Gasteiger charge is -2.57. The van der Waals surface area contributed by atoms with Gasteiger partial charge in [0.15, 0.2) is 0 Å². The van der Waals surface area contributed by atoms with Gasteiger partial charge in [0.05, 0.1) is 11.4 Å². The summed E-state index contributed by atoms with van der Waals surface area (Å²) in [5.74, 6) is 4.01. The van der Waals surface area contributed by atoms with Crippen LogP contribution in [0.5, 0.6) is 0 Å². The largest absolute Gasteiger partial charge is 0.310 e. The molecular formula is C53H50N2. The summed E-state index contributed by atoms with van der Waals surface area (Å²) < 4.78 is 0. The van der Waals surface area contributed by atoms with Crippen LogP contribution >= 0.6 is 0 Å². The average molecular weight is 715 g/mol. The zero-order valence-corrected chi connectivity index (χ0v) is 31.8. The van der Waals surface area contributed by atoms with Crippen molar-refractivity contribution < 1.29 is 0 Å². The molecule has 0 radical (unpaired) electrons. The molecule has 0 amide bonds. The Morgan fingerprint density at radius 3 is 1.22 bits per heavy atom. The van der Waals surface area contributed by atoms with E-state index in [2.05, 4.69) is 161 Å². The third-order valence-corrected chi connectivity index (χ3v) is 15.5. The van der Waals surface area contributed by atoms with Crippen LogP contribution in [0.25, 0.3) is 0 Å². The Morgan fingerprint density at radius 1 is 0.400 bits per heavy atom. The van der Waals surface area contributed by atoms with E-state index in [0.29, 0.717) is 17.3 Å². The number of hydrogen-bond donors (Lipinski definition) is 0. The molecule has 0 N–H and O–H groups in total. The second-order valence-electron chi connectivity index (χ2n) is 18.3. The minimum Gasteiger partial charge on any atom is -0.310 e. The predicted molar refractivity (Wildman–Crippen MR) is 227 cm³/mol.